The summed E-state index contributed by atoms with van der Waals surface area (Å²) in [5.74, 6) is 0.0610. The molecular formula is C12H14BrClN2O3. The lowest BCUT2D eigenvalue weighted by atomic mass is 10.0. The van der Waals surface area contributed by atoms with Crippen LogP contribution in [0.4, 0.5) is 5.69 Å². The number of nitrogens with zero attached hydrogens (tertiary/aromatic N) is 1. The highest BCUT2D eigenvalue weighted by Crippen LogP contribution is 2.22. The molecule has 0 aromatic heterocycles. The monoisotopic (exact) mass is 348 g/mol. The molecule has 0 saturated heterocycles. The fraction of sp³-hybridized carbons (Fsp3) is 0.417. The van der Waals surface area contributed by atoms with E-state index in [4.69, 9.17) is 11.6 Å². The number of nitro benzene ring substituents is 1. The molecule has 0 aliphatic heterocycles. The van der Waals surface area contributed by atoms with Crippen molar-refractivity contribution >= 4 is 39.1 Å². The molecule has 0 saturated carbocycles. The highest BCUT2D eigenvalue weighted by atomic mass is 79.9. The van der Waals surface area contributed by atoms with Gasteiger partial charge in [0, 0.05) is 33.6 Å². The summed E-state index contributed by atoms with van der Waals surface area (Å²) in [4.78, 5) is 22.3. The van der Waals surface area contributed by atoms with E-state index < -0.39 is 10.5 Å². The molecule has 0 unspecified atom stereocenters. The third-order valence-electron chi connectivity index (χ3n) is 2.53. The number of nitro groups is 1. The lowest BCUT2D eigenvalue weighted by Gasteiger charge is -2.25. The molecule has 1 rings (SSSR count). The van der Waals surface area contributed by atoms with E-state index >= 15 is 0 Å². The Hall–Kier alpha value is -1.14. The summed E-state index contributed by atoms with van der Waals surface area (Å²) >= 11 is 8.81. The van der Waals surface area contributed by atoms with Gasteiger partial charge >= 0.3 is 0 Å². The Morgan fingerprint density at radius 1 is 1.47 bits per heavy atom. The van der Waals surface area contributed by atoms with Gasteiger partial charge in [-0.3, -0.25) is 14.9 Å². The molecule has 0 aliphatic rings. The average Bonchev–Trinajstić information content (AvgIpc) is 2.27. The molecule has 0 aliphatic carbocycles. The van der Waals surface area contributed by atoms with Gasteiger partial charge in [0.25, 0.3) is 11.6 Å². The van der Waals surface area contributed by atoms with Crippen LogP contribution in [0.25, 0.3) is 0 Å². The zero-order valence-electron chi connectivity index (χ0n) is 10.6. The lowest BCUT2D eigenvalue weighted by Crippen LogP contribution is -2.43. The van der Waals surface area contributed by atoms with Crippen LogP contribution in [0, 0.1) is 10.1 Å². The topological polar surface area (TPSA) is 72.2 Å². The van der Waals surface area contributed by atoms with Crippen LogP contribution in [-0.4, -0.2) is 22.2 Å². The smallest absolute Gasteiger partial charge is 0.271 e. The van der Waals surface area contributed by atoms with Crippen molar-refractivity contribution in [1.29, 1.82) is 0 Å². The van der Waals surface area contributed by atoms with Crippen molar-refractivity contribution in [3.63, 3.8) is 0 Å². The van der Waals surface area contributed by atoms with Crippen molar-refractivity contribution in [2.24, 2.45) is 0 Å². The van der Waals surface area contributed by atoms with Gasteiger partial charge in [0.05, 0.1) is 4.92 Å². The van der Waals surface area contributed by atoms with Crippen molar-refractivity contribution in [2.75, 3.05) is 5.88 Å². The van der Waals surface area contributed by atoms with E-state index in [1.54, 1.807) is 6.07 Å². The number of halogens is 2. The molecule has 0 atom stereocenters. The number of hydrogen-bond donors (Lipinski definition) is 1. The Balaban J connectivity index is 2.97. The van der Waals surface area contributed by atoms with Gasteiger partial charge in [0.2, 0.25) is 0 Å². The van der Waals surface area contributed by atoms with Crippen LogP contribution in [0.1, 0.15) is 30.6 Å². The van der Waals surface area contributed by atoms with E-state index in [1.807, 2.05) is 13.8 Å². The van der Waals surface area contributed by atoms with Gasteiger partial charge in [-0.1, -0.05) is 15.9 Å². The molecule has 0 bridgehead atoms. The van der Waals surface area contributed by atoms with Crippen LogP contribution < -0.4 is 5.32 Å². The van der Waals surface area contributed by atoms with Gasteiger partial charge in [-0.05, 0) is 26.3 Å². The van der Waals surface area contributed by atoms with Gasteiger partial charge < -0.3 is 5.32 Å². The molecule has 0 spiro atoms. The van der Waals surface area contributed by atoms with Gasteiger partial charge in [-0.2, -0.15) is 0 Å². The number of non-ortho nitro benzene ring substituents is 1. The van der Waals surface area contributed by atoms with E-state index in [9.17, 15) is 14.9 Å². The molecule has 1 N–H and O–H groups in total. The Morgan fingerprint density at radius 2 is 2.11 bits per heavy atom. The van der Waals surface area contributed by atoms with Crippen LogP contribution in [0.15, 0.2) is 22.7 Å². The Bertz CT molecular complexity index is 506. The number of carbonyl (C=O) groups is 1. The first-order chi connectivity index (χ1) is 8.75. The number of benzene rings is 1. The third-order valence-corrected chi connectivity index (χ3v) is 3.17. The van der Waals surface area contributed by atoms with Crippen molar-refractivity contribution in [1.82, 2.24) is 5.32 Å². The van der Waals surface area contributed by atoms with E-state index in [0.29, 0.717) is 16.8 Å². The maximum Gasteiger partial charge on any atom is 0.271 e. The molecule has 5 nitrogen and oxygen atoms in total. The number of nitrogens with one attached hydrogen (secondary N) is 1. The summed E-state index contributed by atoms with van der Waals surface area (Å²) < 4.78 is 0.488. The molecular weight excluding hydrogens is 336 g/mol. The first kappa shape index (κ1) is 15.9. The molecule has 1 amide bonds. The van der Waals surface area contributed by atoms with Crippen LogP contribution >= 0.6 is 27.5 Å². The molecule has 7 heteroatoms. The van der Waals surface area contributed by atoms with Gasteiger partial charge in [0.15, 0.2) is 0 Å². The molecule has 0 radical (unpaired) electrons. The summed E-state index contributed by atoms with van der Waals surface area (Å²) in [5, 5.41) is 13.6. The normalized spacial score (nSPS) is 11.2. The largest absolute Gasteiger partial charge is 0.347 e. The zero-order chi connectivity index (χ0) is 14.6. The molecule has 1 aromatic carbocycles. The fourth-order valence-electron chi connectivity index (χ4n) is 1.49. The minimum absolute atomic E-state index is 0.130. The summed E-state index contributed by atoms with van der Waals surface area (Å²) in [6.45, 7) is 3.69. The molecule has 0 heterocycles. The quantitative estimate of drug-likeness (QED) is 0.502. The van der Waals surface area contributed by atoms with Gasteiger partial charge in [-0.25, -0.2) is 0 Å². The van der Waals surface area contributed by atoms with E-state index in [2.05, 4.69) is 21.2 Å². The van der Waals surface area contributed by atoms with Crippen LogP contribution in [0.5, 0.6) is 0 Å². The van der Waals surface area contributed by atoms with Crippen molar-refractivity contribution in [3.05, 3.63) is 38.3 Å². The summed E-state index contributed by atoms with van der Waals surface area (Å²) in [6, 6.07) is 4.14. The molecule has 1 aromatic rings. The first-order valence-corrected chi connectivity index (χ1v) is 6.91. The Morgan fingerprint density at radius 3 is 2.63 bits per heavy atom. The maximum atomic E-state index is 12.1. The fourth-order valence-corrected chi connectivity index (χ4v) is 2.44. The first-order valence-electron chi connectivity index (χ1n) is 5.58. The van der Waals surface area contributed by atoms with Gasteiger partial charge in [-0.15, -0.1) is 11.6 Å². The summed E-state index contributed by atoms with van der Waals surface area (Å²) in [7, 11) is 0. The van der Waals surface area contributed by atoms with Crippen molar-refractivity contribution < 1.29 is 9.72 Å². The molecule has 0 fully saturated rings. The van der Waals surface area contributed by atoms with E-state index in [1.165, 1.54) is 12.1 Å². The molecule has 19 heavy (non-hydrogen) atoms. The molecule has 104 valence electrons. The van der Waals surface area contributed by atoms with E-state index in [0.717, 1.165) is 0 Å². The zero-order valence-corrected chi connectivity index (χ0v) is 12.9. The summed E-state index contributed by atoms with van der Waals surface area (Å²) in [6.07, 6.45) is 0.608. The third kappa shape index (κ3) is 4.80. The Kier molecular flexibility index (Phi) is 5.31. The lowest BCUT2D eigenvalue weighted by molar-refractivity contribution is -0.385. The van der Waals surface area contributed by atoms with Crippen molar-refractivity contribution in [3.8, 4) is 0 Å². The number of carbonyl (C=O) groups excluding carboxylic acids is 1. The highest BCUT2D eigenvalue weighted by Gasteiger charge is 2.22. The number of hydrogen-bond acceptors (Lipinski definition) is 3. The number of amides is 1. The van der Waals surface area contributed by atoms with Crippen LogP contribution in [-0.2, 0) is 0 Å². The number of rotatable bonds is 5. The predicted octanol–water partition coefficient (Wildman–Crippen LogP) is 3.49. The summed E-state index contributed by atoms with van der Waals surface area (Å²) in [5.41, 5.74) is -0.353. The minimum atomic E-state index is -0.536. The van der Waals surface area contributed by atoms with Crippen LogP contribution in [0.2, 0.25) is 0 Å². The minimum Gasteiger partial charge on any atom is -0.347 e. The number of alkyl halides is 1. The second-order valence-corrected chi connectivity index (χ2v) is 6.03. The van der Waals surface area contributed by atoms with Gasteiger partial charge in [0.1, 0.15) is 0 Å². The standard InChI is InChI=1S/C12H14BrClN2O3/c1-12(2,3-4-14)15-11(17)8-5-9(13)7-10(6-8)16(18)19/h5-7H,3-4H2,1-2H3,(H,15,17). The second kappa shape index (κ2) is 6.34. The maximum absolute atomic E-state index is 12.1. The van der Waals surface area contributed by atoms with Crippen molar-refractivity contribution in [2.45, 2.75) is 25.8 Å². The second-order valence-electron chi connectivity index (χ2n) is 4.73. The Labute approximate surface area is 124 Å². The SMILES string of the molecule is CC(C)(CCCl)NC(=O)c1cc(Br)cc([N+](=O)[O-])c1. The predicted molar refractivity (Wildman–Crippen MR) is 77.7 cm³/mol. The van der Waals surface area contributed by atoms with Crippen LogP contribution in [0.3, 0.4) is 0 Å². The average molecular weight is 350 g/mol. The van der Waals surface area contributed by atoms with E-state index in [-0.39, 0.29) is 17.2 Å². The highest BCUT2D eigenvalue weighted by molar-refractivity contribution is 9.10.